The van der Waals surface area contributed by atoms with Gasteiger partial charge in [0.1, 0.15) is 0 Å². The van der Waals surface area contributed by atoms with E-state index in [9.17, 15) is 0 Å². The van der Waals surface area contributed by atoms with E-state index < -0.39 is 38.7 Å². The molecule has 0 heterocycles. The predicted molar refractivity (Wildman–Crippen MR) is 141 cm³/mol. The fraction of sp³-hybridized carbons (Fsp3) is 0.923. The van der Waals surface area contributed by atoms with Gasteiger partial charge in [0.2, 0.25) is 0 Å². The van der Waals surface area contributed by atoms with E-state index in [0.717, 1.165) is 6.42 Å². The van der Waals surface area contributed by atoms with Crippen LogP contribution in [0.3, 0.4) is 0 Å². The molecule has 1 nitrogen and oxygen atoms in total. The molecule has 0 fully saturated rings. The monoisotopic (exact) mass is 568 g/mol. The van der Waals surface area contributed by atoms with E-state index in [-0.39, 0.29) is 11.5 Å². The average molecular weight is 568 g/mol. The van der Waals surface area contributed by atoms with Gasteiger partial charge in [0.25, 0.3) is 0 Å². The Kier molecular flexibility index (Phi) is 15.0. The van der Waals surface area contributed by atoms with Gasteiger partial charge < -0.3 is 0 Å². The van der Waals surface area contributed by atoms with Gasteiger partial charge in [-0.05, 0) is 0 Å². The second-order valence-electron chi connectivity index (χ2n) is 11.2. The molecule has 5 heteroatoms. The molecule has 186 valence electrons. The van der Waals surface area contributed by atoms with Gasteiger partial charge in [0, 0.05) is 0 Å². The SMILES string of the molecule is CCCCC(F)(F)[C@@H](/C=[CH]/[Sn]([CH2]CCC)([CH2]CCC)[CH2]CCC)O[Si](C)(C)C(C)(C)C. The van der Waals surface area contributed by atoms with E-state index in [0.29, 0.717) is 6.42 Å². The third-order valence-electron chi connectivity index (χ3n) is 7.22. The van der Waals surface area contributed by atoms with E-state index in [1.165, 1.54) is 51.8 Å². The molecule has 0 unspecified atom stereocenters. The van der Waals surface area contributed by atoms with Crippen LogP contribution in [0.25, 0.3) is 0 Å². The van der Waals surface area contributed by atoms with E-state index in [2.05, 4.69) is 58.7 Å². The molecular weight excluding hydrogens is 513 g/mol. The number of halogens is 2. The molecule has 31 heavy (non-hydrogen) atoms. The molecule has 0 aromatic heterocycles. The molecule has 0 aromatic carbocycles. The Hall–Kier alpha value is 0.576. The van der Waals surface area contributed by atoms with Gasteiger partial charge in [-0.15, -0.1) is 0 Å². The molecule has 0 bridgehead atoms. The molecule has 0 amide bonds. The molecule has 0 saturated carbocycles. The molecule has 0 saturated heterocycles. The van der Waals surface area contributed by atoms with Gasteiger partial charge in [-0.2, -0.15) is 0 Å². The Morgan fingerprint density at radius 1 is 0.806 bits per heavy atom. The van der Waals surface area contributed by atoms with Crippen LogP contribution in [0, 0.1) is 0 Å². The molecule has 0 rings (SSSR count). The normalized spacial score (nSPS) is 15.1. The third-order valence-corrected chi connectivity index (χ3v) is 25.8. The van der Waals surface area contributed by atoms with E-state index in [4.69, 9.17) is 4.43 Å². The minimum absolute atomic E-state index is 0.0749. The van der Waals surface area contributed by atoms with Gasteiger partial charge in [0.15, 0.2) is 0 Å². The van der Waals surface area contributed by atoms with Crippen LogP contribution in [-0.2, 0) is 4.43 Å². The van der Waals surface area contributed by atoms with Crippen LogP contribution in [0.5, 0.6) is 0 Å². The summed E-state index contributed by atoms with van der Waals surface area (Å²) in [6, 6.07) is 0. The van der Waals surface area contributed by atoms with Crippen molar-refractivity contribution >= 4 is 26.7 Å². The average Bonchev–Trinajstić information content (AvgIpc) is 2.69. The van der Waals surface area contributed by atoms with Crippen molar-refractivity contribution in [2.45, 2.75) is 150 Å². The second-order valence-corrected chi connectivity index (χ2v) is 29.0. The van der Waals surface area contributed by atoms with E-state index in [1.54, 1.807) is 0 Å². The van der Waals surface area contributed by atoms with Crippen LogP contribution < -0.4 is 0 Å². The number of unbranched alkanes of at least 4 members (excludes halogenated alkanes) is 4. The van der Waals surface area contributed by atoms with Gasteiger partial charge in [-0.25, -0.2) is 0 Å². The van der Waals surface area contributed by atoms with Crippen molar-refractivity contribution in [1.29, 1.82) is 0 Å². The quantitative estimate of drug-likeness (QED) is 0.159. The summed E-state index contributed by atoms with van der Waals surface area (Å²) < 4.78 is 43.5. The Morgan fingerprint density at radius 3 is 1.58 bits per heavy atom. The van der Waals surface area contributed by atoms with Crippen molar-refractivity contribution in [1.82, 2.24) is 0 Å². The van der Waals surface area contributed by atoms with Gasteiger partial charge in [-0.1, -0.05) is 0 Å². The molecular formula is C26H54F2OSiSn. The summed E-state index contributed by atoms with van der Waals surface area (Å²) in [5, 5.41) is -0.0765. The summed E-state index contributed by atoms with van der Waals surface area (Å²) in [6.45, 7) is 19.4. The first-order valence-electron chi connectivity index (χ1n) is 13.1. The molecule has 1 atom stereocenters. The summed E-state index contributed by atoms with van der Waals surface area (Å²) >= 11 is -2.63. The van der Waals surface area contributed by atoms with Crippen LogP contribution in [0.4, 0.5) is 8.78 Å². The topological polar surface area (TPSA) is 9.23 Å². The van der Waals surface area contributed by atoms with E-state index >= 15 is 8.78 Å². The standard InChI is InChI=1S/C14H27F2OSi.3C4H9.Sn/c1-8-10-11-14(15,16)12(9-2)17-18(6,7)13(3,4)5;3*1-3-4-2;/h2,9,12H,8,10-11H2,1,3-7H3;3*1,3-4H2,2H3;/t12-;;;;/m1..../s1. The van der Waals surface area contributed by atoms with Crippen LogP contribution in [0.15, 0.2) is 10.2 Å². The van der Waals surface area contributed by atoms with Gasteiger partial charge in [0.05, 0.1) is 0 Å². The summed E-state index contributed by atoms with van der Waals surface area (Å²) in [7, 11) is -2.30. The van der Waals surface area contributed by atoms with Crippen molar-refractivity contribution in [2.24, 2.45) is 0 Å². The van der Waals surface area contributed by atoms with Crippen molar-refractivity contribution in [3.8, 4) is 0 Å². The fourth-order valence-corrected chi connectivity index (χ4v) is 19.3. The first-order valence-corrected chi connectivity index (χ1v) is 23.7. The Morgan fingerprint density at radius 2 is 1.23 bits per heavy atom. The van der Waals surface area contributed by atoms with Gasteiger partial charge >= 0.3 is 200 Å². The molecule has 0 aliphatic rings. The zero-order valence-corrected chi connectivity index (χ0v) is 26.2. The van der Waals surface area contributed by atoms with Crippen molar-refractivity contribution in [3.63, 3.8) is 0 Å². The first kappa shape index (κ1) is 31.6. The maximum atomic E-state index is 15.4. The molecule has 0 aromatic rings. The number of alkyl halides is 2. The zero-order valence-electron chi connectivity index (χ0n) is 22.4. The van der Waals surface area contributed by atoms with Crippen LogP contribution in [-0.4, -0.2) is 38.7 Å². The molecule has 0 aliphatic carbocycles. The minimum atomic E-state index is -2.79. The maximum absolute atomic E-state index is 15.4. The van der Waals surface area contributed by atoms with Crippen molar-refractivity contribution < 1.29 is 13.2 Å². The van der Waals surface area contributed by atoms with Crippen molar-refractivity contribution in [2.75, 3.05) is 0 Å². The van der Waals surface area contributed by atoms with Crippen LogP contribution in [0.1, 0.15) is 106 Å². The Labute approximate surface area is 199 Å². The second kappa shape index (κ2) is 14.8. The first-order chi connectivity index (χ1) is 14.3. The Bertz CT molecular complexity index is 478. The number of hydrogen-bond donors (Lipinski definition) is 0. The predicted octanol–water partition coefficient (Wildman–Crippen LogP) is 10.1. The van der Waals surface area contributed by atoms with Crippen LogP contribution in [0.2, 0.25) is 31.4 Å². The molecule has 0 aliphatic heterocycles. The Balaban J connectivity index is 6.06. The van der Waals surface area contributed by atoms with Crippen molar-refractivity contribution in [3.05, 3.63) is 10.2 Å². The number of rotatable bonds is 17. The zero-order chi connectivity index (χ0) is 24.2. The molecule has 0 radical (unpaired) electrons. The van der Waals surface area contributed by atoms with Crippen LogP contribution >= 0.6 is 0 Å². The molecule has 0 N–H and O–H groups in total. The third kappa shape index (κ3) is 11.5. The summed E-state index contributed by atoms with van der Waals surface area (Å²) in [5.74, 6) is -2.79. The van der Waals surface area contributed by atoms with Gasteiger partial charge in [-0.3, -0.25) is 0 Å². The summed E-state index contributed by atoms with van der Waals surface area (Å²) in [4.78, 5) is 0. The number of hydrogen-bond acceptors (Lipinski definition) is 1. The molecule has 0 spiro atoms. The summed E-state index contributed by atoms with van der Waals surface area (Å²) in [5.41, 5.74) is 0. The fourth-order valence-electron chi connectivity index (χ4n) is 3.82. The summed E-state index contributed by atoms with van der Waals surface area (Å²) in [6.07, 6.45) is 9.40. The van der Waals surface area contributed by atoms with E-state index in [1.807, 2.05) is 13.0 Å².